The number of hydrogen-bond acceptors (Lipinski definition) is 1. The highest BCUT2D eigenvalue weighted by Gasteiger charge is 2.63. The number of hydrogen-bond donors (Lipinski definition) is 1. The SMILES string of the molecule is CNC12CC3(C)CC(C)(CC(C)(C3)C1)C2. The van der Waals surface area contributed by atoms with Gasteiger partial charge in [-0.1, -0.05) is 20.8 Å². The molecule has 0 amide bonds. The minimum absolute atomic E-state index is 0.479. The Balaban J connectivity index is 2.06. The summed E-state index contributed by atoms with van der Waals surface area (Å²) in [7, 11) is 2.18. The van der Waals surface area contributed by atoms with Gasteiger partial charge in [-0.2, -0.15) is 0 Å². The van der Waals surface area contributed by atoms with E-state index in [2.05, 4.69) is 33.1 Å². The molecule has 0 unspecified atom stereocenters. The molecule has 1 heteroatoms. The molecule has 4 bridgehead atoms. The summed E-state index contributed by atoms with van der Waals surface area (Å²) in [6.45, 7) is 7.60. The maximum absolute atomic E-state index is 3.69. The van der Waals surface area contributed by atoms with Gasteiger partial charge in [0.15, 0.2) is 0 Å². The van der Waals surface area contributed by atoms with Crippen LogP contribution < -0.4 is 5.32 Å². The first kappa shape index (κ1) is 10.1. The van der Waals surface area contributed by atoms with Crippen molar-refractivity contribution in [2.45, 2.75) is 64.8 Å². The largest absolute Gasteiger partial charge is 0.314 e. The summed E-state index contributed by atoms with van der Waals surface area (Å²) in [6.07, 6.45) is 8.67. The zero-order valence-corrected chi connectivity index (χ0v) is 10.7. The summed E-state index contributed by atoms with van der Waals surface area (Å²) < 4.78 is 0. The van der Waals surface area contributed by atoms with E-state index in [0.29, 0.717) is 21.8 Å². The van der Waals surface area contributed by atoms with Crippen molar-refractivity contribution in [1.29, 1.82) is 0 Å². The predicted octanol–water partition coefficient (Wildman–Crippen LogP) is 3.34. The van der Waals surface area contributed by atoms with E-state index in [4.69, 9.17) is 0 Å². The van der Waals surface area contributed by atoms with Crippen molar-refractivity contribution >= 4 is 0 Å². The van der Waals surface area contributed by atoms with E-state index in [1.54, 1.807) is 0 Å². The highest BCUT2D eigenvalue weighted by atomic mass is 15.0. The van der Waals surface area contributed by atoms with Crippen molar-refractivity contribution in [3.8, 4) is 0 Å². The first-order chi connectivity index (χ1) is 6.80. The molecular weight excluding hydrogens is 182 g/mol. The Kier molecular flexibility index (Phi) is 1.65. The molecule has 4 fully saturated rings. The van der Waals surface area contributed by atoms with Gasteiger partial charge >= 0.3 is 0 Å². The van der Waals surface area contributed by atoms with Crippen LogP contribution in [0.1, 0.15) is 59.3 Å². The van der Waals surface area contributed by atoms with E-state index in [1.165, 1.54) is 38.5 Å². The van der Waals surface area contributed by atoms with Crippen LogP contribution in [-0.4, -0.2) is 12.6 Å². The lowest BCUT2D eigenvalue weighted by molar-refractivity contribution is -0.156. The fourth-order valence-electron chi connectivity index (χ4n) is 6.56. The van der Waals surface area contributed by atoms with Crippen molar-refractivity contribution in [3.05, 3.63) is 0 Å². The monoisotopic (exact) mass is 207 g/mol. The van der Waals surface area contributed by atoms with Crippen molar-refractivity contribution in [3.63, 3.8) is 0 Å². The van der Waals surface area contributed by atoms with E-state index in [9.17, 15) is 0 Å². The molecule has 1 N–H and O–H groups in total. The van der Waals surface area contributed by atoms with Crippen molar-refractivity contribution in [2.24, 2.45) is 16.2 Å². The average Bonchev–Trinajstić information content (AvgIpc) is 1.94. The van der Waals surface area contributed by atoms with Crippen LogP contribution in [0.15, 0.2) is 0 Å². The summed E-state index contributed by atoms with van der Waals surface area (Å²) in [5.41, 5.74) is 2.36. The van der Waals surface area contributed by atoms with Gasteiger partial charge in [0.2, 0.25) is 0 Å². The summed E-state index contributed by atoms with van der Waals surface area (Å²) in [5.74, 6) is 0. The molecule has 1 nitrogen and oxygen atoms in total. The molecule has 0 heterocycles. The van der Waals surface area contributed by atoms with Gasteiger partial charge in [-0.3, -0.25) is 0 Å². The molecule has 86 valence electrons. The van der Waals surface area contributed by atoms with Gasteiger partial charge in [-0.25, -0.2) is 0 Å². The Morgan fingerprint density at radius 1 is 0.667 bits per heavy atom. The Morgan fingerprint density at radius 3 is 1.27 bits per heavy atom. The summed E-state index contributed by atoms with van der Waals surface area (Å²) in [4.78, 5) is 0. The average molecular weight is 207 g/mol. The molecule has 0 aliphatic heterocycles. The minimum Gasteiger partial charge on any atom is -0.314 e. The fraction of sp³-hybridized carbons (Fsp3) is 1.00. The molecule has 0 aromatic rings. The van der Waals surface area contributed by atoms with Crippen LogP contribution in [-0.2, 0) is 0 Å². The molecule has 0 atom stereocenters. The third-order valence-electron chi connectivity index (χ3n) is 5.39. The molecule has 0 saturated heterocycles. The van der Waals surface area contributed by atoms with Crippen molar-refractivity contribution < 1.29 is 0 Å². The lowest BCUT2D eigenvalue weighted by Gasteiger charge is -2.69. The van der Waals surface area contributed by atoms with Gasteiger partial charge in [0.05, 0.1) is 0 Å². The van der Waals surface area contributed by atoms with Gasteiger partial charge in [0.1, 0.15) is 0 Å². The van der Waals surface area contributed by atoms with Crippen LogP contribution in [0, 0.1) is 16.2 Å². The molecule has 4 aliphatic rings. The Bertz CT molecular complexity index is 253. The van der Waals surface area contributed by atoms with Crippen molar-refractivity contribution in [1.82, 2.24) is 5.32 Å². The van der Waals surface area contributed by atoms with Gasteiger partial charge in [0, 0.05) is 5.54 Å². The lowest BCUT2D eigenvalue weighted by atomic mass is 9.38. The molecule has 4 rings (SSSR count). The highest BCUT2D eigenvalue weighted by molar-refractivity contribution is 5.17. The van der Waals surface area contributed by atoms with Crippen LogP contribution in [0.25, 0.3) is 0 Å². The van der Waals surface area contributed by atoms with Gasteiger partial charge in [-0.15, -0.1) is 0 Å². The molecule has 0 aromatic carbocycles. The fourth-order valence-corrected chi connectivity index (χ4v) is 6.56. The molecule has 15 heavy (non-hydrogen) atoms. The highest BCUT2D eigenvalue weighted by Crippen LogP contribution is 2.70. The second kappa shape index (κ2) is 2.45. The third-order valence-corrected chi connectivity index (χ3v) is 5.39. The molecule has 4 saturated carbocycles. The first-order valence-electron chi connectivity index (χ1n) is 6.49. The Morgan fingerprint density at radius 2 is 1.00 bits per heavy atom. The molecule has 0 aromatic heterocycles. The summed E-state index contributed by atoms with van der Waals surface area (Å²) >= 11 is 0. The van der Waals surface area contributed by atoms with Gasteiger partial charge < -0.3 is 5.32 Å². The lowest BCUT2D eigenvalue weighted by Crippen LogP contribution is -2.66. The van der Waals surface area contributed by atoms with Crippen LogP contribution >= 0.6 is 0 Å². The van der Waals surface area contributed by atoms with Crippen LogP contribution in [0.5, 0.6) is 0 Å². The Hall–Kier alpha value is -0.0400. The van der Waals surface area contributed by atoms with E-state index in [1.807, 2.05) is 0 Å². The zero-order valence-electron chi connectivity index (χ0n) is 10.7. The van der Waals surface area contributed by atoms with E-state index in [0.717, 1.165) is 0 Å². The van der Waals surface area contributed by atoms with Crippen LogP contribution in [0.3, 0.4) is 0 Å². The van der Waals surface area contributed by atoms with E-state index < -0.39 is 0 Å². The van der Waals surface area contributed by atoms with Gasteiger partial charge in [0.25, 0.3) is 0 Å². The first-order valence-corrected chi connectivity index (χ1v) is 6.49. The van der Waals surface area contributed by atoms with E-state index >= 15 is 0 Å². The second-order valence-electron chi connectivity index (χ2n) is 8.02. The molecule has 0 spiro atoms. The normalized spacial score (nSPS) is 62.4. The maximum atomic E-state index is 3.69. The van der Waals surface area contributed by atoms with Crippen molar-refractivity contribution in [2.75, 3.05) is 7.05 Å². The summed E-state index contributed by atoms with van der Waals surface area (Å²) in [6, 6.07) is 0. The number of nitrogens with one attached hydrogen (secondary N) is 1. The van der Waals surface area contributed by atoms with Crippen LogP contribution in [0.4, 0.5) is 0 Å². The predicted molar refractivity (Wildman–Crippen MR) is 63.8 cm³/mol. The quantitative estimate of drug-likeness (QED) is 0.695. The number of rotatable bonds is 1. The maximum Gasteiger partial charge on any atom is 0.0194 e. The molecule has 4 aliphatic carbocycles. The topological polar surface area (TPSA) is 12.0 Å². The third kappa shape index (κ3) is 1.32. The summed E-state index contributed by atoms with van der Waals surface area (Å²) in [5, 5.41) is 3.69. The standard InChI is InChI=1S/C14H25N/c1-11-5-12(2)7-13(3,6-11)10-14(8-11,9-12)15-4/h15H,5-10H2,1-4H3. The smallest absolute Gasteiger partial charge is 0.0194 e. The van der Waals surface area contributed by atoms with Gasteiger partial charge in [-0.05, 0) is 61.8 Å². The van der Waals surface area contributed by atoms with E-state index in [-0.39, 0.29) is 0 Å². The minimum atomic E-state index is 0.479. The Labute approximate surface area is 94.0 Å². The molecule has 0 radical (unpaired) electrons. The molecular formula is C14H25N. The van der Waals surface area contributed by atoms with Crippen LogP contribution in [0.2, 0.25) is 0 Å². The second-order valence-corrected chi connectivity index (χ2v) is 8.02. The zero-order chi connectivity index (χ0) is 10.9.